The summed E-state index contributed by atoms with van der Waals surface area (Å²) in [5.74, 6) is 1.94. The molecule has 0 amide bonds. The van der Waals surface area contributed by atoms with Crippen LogP contribution in [0.25, 0.3) is 11.1 Å². The van der Waals surface area contributed by atoms with E-state index in [1.807, 2.05) is 24.3 Å². The first kappa shape index (κ1) is 11.4. The van der Waals surface area contributed by atoms with Crippen LogP contribution in [-0.2, 0) is 0 Å². The van der Waals surface area contributed by atoms with Crippen LogP contribution in [0.15, 0.2) is 28.7 Å². The van der Waals surface area contributed by atoms with Gasteiger partial charge in [0.1, 0.15) is 11.5 Å². The summed E-state index contributed by atoms with van der Waals surface area (Å²) >= 11 is 0. The van der Waals surface area contributed by atoms with Crippen molar-refractivity contribution in [3.05, 3.63) is 30.0 Å². The molecule has 0 fully saturated rings. The number of anilines is 1. The molecule has 0 saturated carbocycles. The van der Waals surface area contributed by atoms with Crippen molar-refractivity contribution in [2.75, 3.05) is 19.5 Å². The number of benzene rings is 1. The summed E-state index contributed by atoms with van der Waals surface area (Å²) in [6.45, 7) is 1.72. The molecule has 2 rings (SSSR count). The summed E-state index contributed by atoms with van der Waals surface area (Å²) in [7, 11) is 3.36. The number of aryl methyl sites for hydroxylation is 1. The molecule has 2 aromatic rings. The highest BCUT2D eigenvalue weighted by Gasteiger charge is 2.18. The molecule has 1 aromatic carbocycles. The number of aromatic hydroxyl groups is 1. The van der Waals surface area contributed by atoms with E-state index >= 15 is 0 Å². The first-order chi connectivity index (χ1) is 8.17. The monoisotopic (exact) mass is 233 g/mol. The molecular weight excluding hydrogens is 218 g/mol. The fraction of sp³-hybridized carbons (Fsp3) is 0.231. The van der Waals surface area contributed by atoms with Gasteiger partial charge in [-0.05, 0) is 24.6 Å². The van der Waals surface area contributed by atoms with Gasteiger partial charge in [0.2, 0.25) is 5.88 Å². The zero-order valence-electron chi connectivity index (χ0n) is 10.1. The molecule has 0 saturated heterocycles. The Balaban J connectivity index is 2.58. The van der Waals surface area contributed by atoms with Gasteiger partial charge in [-0.2, -0.15) is 0 Å². The number of hydrogen-bond acceptors (Lipinski definition) is 4. The lowest BCUT2D eigenvalue weighted by Gasteiger charge is -2.05. The van der Waals surface area contributed by atoms with E-state index in [1.165, 1.54) is 0 Å². The molecule has 0 aliphatic rings. The average Bonchev–Trinajstić information content (AvgIpc) is 2.65. The maximum atomic E-state index is 9.99. The van der Waals surface area contributed by atoms with E-state index in [-0.39, 0.29) is 5.75 Å². The summed E-state index contributed by atoms with van der Waals surface area (Å²) < 4.78 is 10.6. The molecule has 4 heteroatoms. The van der Waals surface area contributed by atoms with Gasteiger partial charge in [-0.25, -0.2) is 0 Å². The summed E-state index contributed by atoms with van der Waals surface area (Å²) in [6.07, 6.45) is 0. The van der Waals surface area contributed by atoms with Crippen LogP contribution in [0.2, 0.25) is 0 Å². The van der Waals surface area contributed by atoms with Gasteiger partial charge in [0.05, 0.1) is 12.7 Å². The third-order valence-corrected chi connectivity index (χ3v) is 2.64. The average molecular weight is 233 g/mol. The van der Waals surface area contributed by atoms with Gasteiger partial charge in [0, 0.05) is 7.05 Å². The van der Waals surface area contributed by atoms with Crippen molar-refractivity contribution in [1.82, 2.24) is 0 Å². The number of hydrogen-bond donors (Lipinski definition) is 2. The van der Waals surface area contributed by atoms with E-state index in [2.05, 4.69) is 5.32 Å². The maximum absolute atomic E-state index is 9.99. The molecule has 0 bridgehead atoms. The van der Waals surface area contributed by atoms with Gasteiger partial charge in [0.15, 0.2) is 5.75 Å². The van der Waals surface area contributed by atoms with E-state index < -0.39 is 0 Å². The van der Waals surface area contributed by atoms with Crippen LogP contribution in [0.5, 0.6) is 11.5 Å². The van der Waals surface area contributed by atoms with E-state index in [9.17, 15) is 5.11 Å². The Morgan fingerprint density at radius 2 is 2.12 bits per heavy atom. The molecule has 0 aliphatic carbocycles. The molecular formula is C13H15NO3. The highest BCUT2D eigenvalue weighted by molar-refractivity contribution is 5.81. The van der Waals surface area contributed by atoms with Gasteiger partial charge in [-0.1, -0.05) is 12.1 Å². The molecule has 0 atom stereocenters. The fourth-order valence-corrected chi connectivity index (χ4v) is 1.76. The van der Waals surface area contributed by atoms with Crippen LogP contribution >= 0.6 is 0 Å². The Bertz CT molecular complexity index is 531. The number of ether oxygens (including phenoxy) is 1. The Morgan fingerprint density at radius 3 is 2.76 bits per heavy atom. The standard InChI is InChI=1S/C13H15NO3/c1-8-12(15)11(13(14-2)17-8)9-5-4-6-10(7-9)16-3/h4-7,14-15H,1-3H3. The molecule has 1 aromatic heterocycles. The quantitative estimate of drug-likeness (QED) is 0.855. The van der Waals surface area contributed by atoms with Gasteiger partial charge in [-0.3, -0.25) is 0 Å². The summed E-state index contributed by atoms with van der Waals surface area (Å²) in [5, 5.41) is 12.9. The topological polar surface area (TPSA) is 54.6 Å². The van der Waals surface area contributed by atoms with E-state index in [0.29, 0.717) is 17.2 Å². The van der Waals surface area contributed by atoms with E-state index in [1.54, 1.807) is 21.1 Å². The molecule has 0 spiro atoms. The first-order valence-electron chi connectivity index (χ1n) is 5.32. The largest absolute Gasteiger partial charge is 0.504 e. The van der Waals surface area contributed by atoms with Gasteiger partial charge in [-0.15, -0.1) is 0 Å². The lowest BCUT2D eigenvalue weighted by atomic mass is 10.1. The predicted octanol–water partition coefficient (Wildman–Crippen LogP) is 3.01. The van der Waals surface area contributed by atoms with Crippen molar-refractivity contribution < 1.29 is 14.3 Å². The Kier molecular flexibility index (Phi) is 2.95. The van der Waals surface area contributed by atoms with Crippen LogP contribution < -0.4 is 10.1 Å². The van der Waals surface area contributed by atoms with Crippen molar-refractivity contribution in [3.8, 4) is 22.6 Å². The van der Waals surface area contributed by atoms with Gasteiger partial charge >= 0.3 is 0 Å². The molecule has 0 radical (unpaired) electrons. The Morgan fingerprint density at radius 1 is 1.35 bits per heavy atom. The third-order valence-electron chi connectivity index (χ3n) is 2.64. The summed E-state index contributed by atoms with van der Waals surface area (Å²) in [6, 6.07) is 7.47. The SMILES string of the molecule is CNc1oc(C)c(O)c1-c1cccc(OC)c1. The highest BCUT2D eigenvalue weighted by Crippen LogP contribution is 2.41. The zero-order valence-corrected chi connectivity index (χ0v) is 10.1. The second-order valence-electron chi connectivity index (χ2n) is 3.69. The lowest BCUT2D eigenvalue weighted by molar-refractivity contribution is 0.415. The van der Waals surface area contributed by atoms with Crippen LogP contribution in [0, 0.1) is 6.92 Å². The first-order valence-corrected chi connectivity index (χ1v) is 5.32. The number of furan rings is 1. The van der Waals surface area contributed by atoms with Crippen LogP contribution in [0.4, 0.5) is 5.88 Å². The highest BCUT2D eigenvalue weighted by atomic mass is 16.5. The molecule has 17 heavy (non-hydrogen) atoms. The van der Waals surface area contributed by atoms with E-state index in [4.69, 9.17) is 9.15 Å². The minimum absolute atomic E-state index is 0.155. The maximum Gasteiger partial charge on any atom is 0.204 e. The van der Waals surface area contributed by atoms with Crippen molar-refractivity contribution in [1.29, 1.82) is 0 Å². The fourth-order valence-electron chi connectivity index (χ4n) is 1.76. The smallest absolute Gasteiger partial charge is 0.204 e. The number of rotatable bonds is 3. The molecule has 0 unspecified atom stereocenters. The third kappa shape index (κ3) is 1.93. The molecule has 1 heterocycles. The molecule has 4 nitrogen and oxygen atoms in total. The zero-order chi connectivity index (χ0) is 12.4. The van der Waals surface area contributed by atoms with Crippen LogP contribution in [-0.4, -0.2) is 19.3 Å². The summed E-state index contributed by atoms with van der Waals surface area (Å²) in [5.41, 5.74) is 1.51. The lowest BCUT2D eigenvalue weighted by Crippen LogP contribution is -1.89. The number of nitrogens with one attached hydrogen (secondary N) is 1. The van der Waals surface area contributed by atoms with Gasteiger partial charge in [0.25, 0.3) is 0 Å². The van der Waals surface area contributed by atoms with Crippen LogP contribution in [0.1, 0.15) is 5.76 Å². The van der Waals surface area contributed by atoms with Crippen LogP contribution in [0.3, 0.4) is 0 Å². The second kappa shape index (κ2) is 4.41. The van der Waals surface area contributed by atoms with E-state index in [0.717, 1.165) is 11.3 Å². The molecule has 2 N–H and O–H groups in total. The van der Waals surface area contributed by atoms with Crippen molar-refractivity contribution >= 4 is 5.88 Å². The Hall–Kier alpha value is -2.10. The van der Waals surface area contributed by atoms with Crippen molar-refractivity contribution in [2.45, 2.75) is 6.92 Å². The summed E-state index contributed by atoms with van der Waals surface area (Å²) in [4.78, 5) is 0. The van der Waals surface area contributed by atoms with Crippen molar-refractivity contribution in [3.63, 3.8) is 0 Å². The molecule has 0 aliphatic heterocycles. The number of methoxy groups -OCH3 is 1. The normalized spacial score (nSPS) is 10.3. The minimum Gasteiger partial charge on any atom is -0.504 e. The minimum atomic E-state index is 0.155. The van der Waals surface area contributed by atoms with Crippen molar-refractivity contribution in [2.24, 2.45) is 0 Å². The second-order valence-corrected chi connectivity index (χ2v) is 3.69. The van der Waals surface area contributed by atoms with Gasteiger partial charge < -0.3 is 19.6 Å². The predicted molar refractivity (Wildman–Crippen MR) is 66.6 cm³/mol. The Labute approximate surface area is 99.8 Å². The molecule has 90 valence electrons.